The van der Waals surface area contributed by atoms with E-state index in [4.69, 9.17) is 4.74 Å². The number of rotatable bonds is 6. The Kier molecular flexibility index (Phi) is 5.62. The van der Waals surface area contributed by atoms with Crippen molar-refractivity contribution in [1.82, 2.24) is 14.8 Å². The van der Waals surface area contributed by atoms with Crippen LogP contribution >= 0.6 is 23.1 Å². The van der Waals surface area contributed by atoms with Crippen molar-refractivity contribution in [2.75, 3.05) is 18.1 Å². The van der Waals surface area contributed by atoms with Gasteiger partial charge in [-0.15, -0.1) is 21.5 Å². The van der Waals surface area contributed by atoms with E-state index >= 15 is 0 Å². The molecule has 2 aliphatic rings. The van der Waals surface area contributed by atoms with Crippen molar-refractivity contribution in [2.24, 2.45) is 0 Å². The zero-order valence-corrected chi connectivity index (χ0v) is 18.5. The number of hydrogen-bond donors (Lipinski definition) is 0. The molecule has 0 radical (unpaired) electrons. The van der Waals surface area contributed by atoms with Gasteiger partial charge >= 0.3 is 0 Å². The average molecular weight is 441 g/mol. The average Bonchev–Trinajstić information content (AvgIpc) is 3.55. The number of fused-ring (bicyclic) bond motifs is 1. The van der Waals surface area contributed by atoms with E-state index in [1.807, 2.05) is 41.5 Å². The molecule has 2 aromatic heterocycles. The lowest BCUT2D eigenvalue weighted by atomic mass is 10.2. The second-order valence-electron chi connectivity index (χ2n) is 7.66. The highest BCUT2D eigenvalue weighted by molar-refractivity contribution is 8.00. The maximum atomic E-state index is 13.2. The molecule has 0 bridgehead atoms. The van der Waals surface area contributed by atoms with E-state index in [-0.39, 0.29) is 17.3 Å². The van der Waals surface area contributed by atoms with Crippen LogP contribution in [0.2, 0.25) is 0 Å². The lowest BCUT2D eigenvalue weighted by molar-refractivity contribution is -0.117. The number of benzene rings is 1. The van der Waals surface area contributed by atoms with Gasteiger partial charge in [-0.2, -0.15) is 0 Å². The molecule has 2 atom stereocenters. The molecular formula is C22H24N4O2S2. The minimum atomic E-state index is -0.250. The number of carbonyl (C=O) groups is 1. The van der Waals surface area contributed by atoms with Gasteiger partial charge in [-0.05, 0) is 49.3 Å². The number of thiophene rings is 1. The Hall–Kier alpha value is -2.16. The molecule has 8 heteroatoms. The lowest BCUT2D eigenvalue weighted by Crippen LogP contribution is -2.35. The lowest BCUT2D eigenvalue weighted by Gasteiger charge is -2.21. The predicted molar refractivity (Wildman–Crippen MR) is 120 cm³/mol. The van der Waals surface area contributed by atoms with Crippen molar-refractivity contribution in [3.05, 3.63) is 47.3 Å². The fourth-order valence-electron chi connectivity index (χ4n) is 4.12. The Morgan fingerprint density at radius 2 is 2.20 bits per heavy atom. The van der Waals surface area contributed by atoms with Gasteiger partial charge in [-0.1, -0.05) is 36.0 Å². The molecule has 0 spiro atoms. The fraction of sp³-hybridized carbons (Fsp3) is 0.409. The molecule has 1 saturated heterocycles. The first kappa shape index (κ1) is 19.8. The van der Waals surface area contributed by atoms with Crippen molar-refractivity contribution in [1.29, 1.82) is 0 Å². The summed E-state index contributed by atoms with van der Waals surface area (Å²) >= 11 is 3.14. The zero-order valence-electron chi connectivity index (χ0n) is 16.9. The number of hydrogen-bond acceptors (Lipinski definition) is 6. The SMILES string of the molecule is CC(Sc1nnc(-c2cccs2)n1CC1CCCO1)C(=O)N1CCc2ccccc21. The minimum Gasteiger partial charge on any atom is -0.376 e. The summed E-state index contributed by atoms with van der Waals surface area (Å²) in [6.07, 6.45) is 3.23. The number of ether oxygens (including phenoxy) is 1. The summed E-state index contributed by atoms with van der Waals surface area (Å²) in [6, 6.07) is 12.2. The molecule has 2 unspecified atom stereocenters. The summed E-state index contributed by atoms with van der Waals surface area (Å²) in [5.41, 5.74) is 2.28. The first-order valence-electron chi connectivity index (χ1n) is 10.4. The van der Waals surface area contributed by atoms with Gasteiger partial charge in [0.15, 0.2) is 11.0 Å². The molecular weight excluding hydrogens is 416 g/mol. The smallest absolute Gasteiger partial charge is 0.240 e. The molecule has 30 heavy (non-hydrogen) atoms. The Morgan fingerprint density at radius 1 is 1.30 bits per heavy atom. The Bertz CT molecular complexity index is 1030. The van der Waals surface area contributed by atoms with Gasteiger partial charge in [0.2, 0.25) is 5.91 Å². The van der Waals surface area contributed by atoms with Gasteiger partial charge in [-0.25, -0.2) is 0 Å². The van der Waals surface area contributed by atoms with E-state index in [9.17, 15) is 4.79 Å². The summed E-state index contributed by atoms with van der Waals surface area (Å²) in [6.45, 7) is 4.23. The normalized spacial score (nSPS) is 19.2. The Labute approximate surface area is 184 Å². The standard InChI is InChI=1S/C22H24N4O2S2/c1-15(21(27)25-11-10-16-6-2-3-8-18(16)25)30-22-24-23-20(19-9-5-13-29-19)26(22)14-17-7-4-12-28-17/h2-3,5-6,8-9,13,15,17H,4,7,10-12,14H2,1H3. The molecule has 2 aliphatic heterocycles. The molecule has 156 valence electrons. The van der Waals surface area contributed by atoms with E-state index in [0.717, 1.165) is 60.5 Å². The van der Waals surface area contributed by atoms with E-state index < -0.39 is 0 Å². The Balaban J connectivity index is 1.38. The second-order valence-corrected chi connectivity index (χ2v) is 9.91. The zero-order chi connectivity index (χ0) is 20.5. The van der Waals surface area contributed by atoms with Crippen LogP contribution in [0.1, 0.15) is 25.3 Å². The van der Waals surface area contributed by atoms with Gasteiger partial charge in [0, 0.05) is 18.8 Å². The number of thioether (sulfide) groups is 1. The number of carbonyl (C=O) groups excluding carboxylic acids is 1. The van der Waals surface area contributed by atoms with Crippen LogP contribution in [0.4, 0.5) is 5.69 Å². The number of anilines is 1. The number of amides is 1. The van der Waals surface area contributed by atoms with Crippen molar-refractivity contribution in [2.45, 2.75) is 49.2 Å². The highest BCUT2D eigenvalue weighted by Gasteiger charge is 2.30. The summed E-state index contributed by atoms with van der Waals surface area (Å²) in [5, 5.41) is 11.5. The molecule has 0 N–H and O–H groups in total. The topological polar surface area (TPSA) is 60.2 Å². The van der Waals surface area contributed by atoms with Crippen molar-refractivity contribution < 1.29 is 9.53 Å². The second kappa shape index (κ2) is 8.53. The molecule has 1 amide bonds. The van der Waals surface area contributed by atoms with Crippen LogP contribution in [0.5, 0.6) is 0 Å². The van der Waals surface area contributed by atoms with Gasteiger partial charge in [0.1, 0.15) is 0 Å². The van der Waals surface area contributed by atoms with Gasteiger partial charge < -0.3 is 9.64 Å². The van der Waals surface area contributed by atoms with Crippen molar-refractivity contribution in [3.8, 4) is 10.7 Å². The minimum absolute atomic E-state index is 0.120. The molecule has 1 aromatic carbocycles. The quantitative estimate of drug-likeness (QED) is 0.536. The maximum Gasteiger partial charge on any atom is 0.240 e. The molecule has 0 saturated carbocycles. The fourth-order valence-corrected chi connectivity index (χ4v) is 5.75. The highest BCUT2D eigenvalue weighted by atomic mass is 32.2. The molecule has 1 fully saturated rings. The Morgan fingerprint density at radius 3 is 3.00 bits per heavy atom. The summed E-state index contributed by atoms with van der Waals surface area (Å²) in [5.74, 6) is 0.975. The number of nitrogens with zero attached hydrogens (tertiary/aromatic N) is 4. The van der Waals surface area contributed by atoms with Crippen LogP contribution in [0.3, 0.4) is 0 Å². The third-order valence-electron chi connectivity index (χ3n) is 5.65. The van der Waals surface area contributed by atoms with Gasteiger partial charge in [0.05, 0.1) is 22.8 Å². The molecule has 4 heterocycles. The van der Waals surface area contributed by atoms with E-state index in [0.29, 0.717) is 0 Å². The van der Waals surface area contributed by atoms with Crippen LogP contribution in [0, 0.1) is 0 Å². The highest BCUT2D eigenvalue weighted by Crippen LogP contribution is 2.33. The van der Waals surface area contributed by atoms with E-state index in [1.54, 1.807) is 11.3 Å². The van der Waals surface area contributed by atoms with Gasteiger partial charge in [0.25, 0.3) is 0 Å². The van der Waals surface area contributed by atoms with Crippen LogP contribution in [-0.2, 0) is 22.5 Å². The van der Waals surface area contributed by atoms with Crippen LogP contribution in [0.25, 0.3) is 10.7 Å². The summed E-state index contributed by atoms with van der Waals surface area (Å²) in [4.78, 5) is 16.2. The first-order chi connectivity index (χ1) is 14.7. The van der Waals surface area contributed by atoms with E-state index in [1.165, 1.54) is 17.3 Å². The molecule has 6 nitrogen and oxygen atoms in total. The number of aromatic nitrogens is 3. The molecule has 3 aromatic rings. The van der Waals surface area contributed by atoms with E-state index in [2.05, 4.69) is 26.9 Å². The third-order valence-corrected chi connectivity index (χ3v) is 7.59. The largest absolute Gasteiger partial charge is 0.376 e. The summed E-state index contributed by atoms with van der Waals surface area (Å²) in [7, 11) is 0. The van der Waals surface area contributed by atoms with Crippen LogP contribution < -0.4 is 4.90 Å². The summed E-state index contributed by atoms with van der Waals surface area (Å²) < 4.78 is 8.00. The first-order valence-corrected chi connectivity index (χ1v) is 12.1. The molecule has 0 aliphatic carbocycles. The predicted octanol–water partition coefficient (Wildman–Crippen LogP) is 4.26. The monoisotopic (exact) mass is 440 g/mol. The van der Waals surface area contributed by atoms with Crippen LogP contribution in [0.15, 0.2) is 46.9 Å². The van der Waals surface area contributed by atoms with Crippen molar-refractivity contribution >= 4 is 34.7 Å². The van der Waals surface area contributed by atoms with Crippen LogP contribution in [-0.4, -0.2) is 45.2 Å². The van der Waals surface area contributed by atoms with Gasteiger partial charge in [-0.3, -0.25) is 9.36 Å². The maximum absolute atomic E-state index is 13.2. The number of para-hydroxylation sites is 1. The third kappa shape index (κ3) is 3.79. The molecule has 5 rings (SSSR count). The van der Waals surface area contributed by atoms with Crippen molar-refractivity contribution in [3.63, 3.8) is 0 Å².